The predicted octanol–water partition coefficient (Wildman–Crippen LogP) is 2.15. The Kier molecular flexibility index (Phi) is 6.96. The molecule has 9 heteroatoms. The van der Waals surface area contributed by atoms with Crippen molar-refractivity contribution in [1.82, 2.24) is 15.2 Å². The Morgan fingerprint density at radius 1 is 1.13 bits per heavy atom. The second-order valence-corrected chi connectivity index (χ2v) is 9.92. The van der Waals surface area contributed by atoms with Crippen LogP contribution in [0, 0.1) is 5.92 Å². The van der Waals surface area contributed by atoms with Crippen molar-refractivity contribution in [2.45, 2.75) is 19.4 Å². The molecule has 162 valence electrons. The highest BCUT2D eigenvalue weighted by atomic mass is 32.3. The van der Waals surface area contributed by atoms with Crippen LogP contribution in [-0.4, -0.2) is 50.6 Å². The molecule has 0 spiro atoms. The molecule has 30 heavy (non-hydrogen) atoms. The molecule has 0 saturated carbocycles. The van der Waals surface area contributed by atoms with E-state index < -0.39 is 22.1 Å². The third-order valence-electron chi connectivity index (χ3n) is 5.27. The summed E-state index contributed by atoms with van der Waals surface area (Å²) in [4.78, 5) is 37.7. The first kappa shape index (κ1) is 22.1. The quantitative estimate of drug-likeness (QED) is 0.556. The molecule has 8 nitrogen and oxygen atoms in total. The number of carbonyl (C=O) groups excluding carboxylic acids is 2. The van der Waals surface area contributed by atoms with Gasteiger partial charge in [-0.15, -0.1) is 0 Å². The van der Waals surface area contributed by atoms with Gasteiger partial charge < -0.3 is 15.2 Å². The molecule has 1 saturated heterocycles. The number of amides is 2. The molecule has 2 heterocycles. The number of benzene rings is 1. The Morgan fingerprint density at radius 3 is 2.43 bits per heavy atom. The zero-order valence-electron chi connectivity index (χ0n) is 16.8. The van der Waals surface area contributed by atoms with E-state index in [1.807, 2.05) is 30.3 Å². The minimum absolute atomic E-state index is 0.0901. The van der Waals surface area contributed by atoms with Crippen LogP contribution in [0.4, 0.5) is 0 Å². The lowest BCUT2D eigenvalue weighted by Crippen LogP contribution is -2.36. The fourth-order valence-corrected chi connectivity index (χ4v) is 5.08. The van der Waals surface area contributed by atoms with Crippen molar-refractivity contribution in [2.24, 2.45) is 5.92 Å². The number of carbonyl (C=O) groups is 2. The van der Waals surface area contributed by atoms with Gasteiger partial charge in [0.15, 0.2) is 0 Å². The summed E-state index contributed by atoms with van der Waals surface area (Å²) >= 11 is 0. The standard InChI is InChI=1S/C21H27N3O5S/c1-22-20(26)18-11-17(14-24(21(18)27)13-16-5-3-2-4-6-16)19(25)23-12-15-7-9-30(28,29)10-8-15/h2-6,11,14-15,28-29H,7-10,12-13H2,1H3,(H,22,26)(H,23,25). The summed E-state index contributed by atoms with van der Waals surface area (Å²) in [6.45, 7) is 0.646. The molecule has 3 rings (SSSR count). The minimum atomic E-state index is -2.46. The molecule has 0 radical (unpaired) electrons. The van der Waals surface area contributed by atoms with Crippen LogP contribution in [0.25, 0.3) is 0 Å². The first-order chi connectivity index (χ1) is 14.3. The van der Waals surface area contributed by atoms with E-state index in [0.717, 1.165) is 5.56 Å². The van der Waals surface area contributed by atoms with Gasteiger partial charge in [0.1, 0.15) is 5.56 Å². The van der Waals surface area contributed by atoms with Gasteiger partial charge in [-0.05, 0) is 30.4 Å². The molecule has 2 amide bonds. The van der Waals surface area contributed by atoms with E-state index in [1.54, 1.807) is 0 Å². The molecular weight excluding hydrogens is 406 g/mol. The predicted molar refractivity (Wildman–Crippen MR) is 117 cm³/mol. The van der Waals surface area contributed by atoms with E-state index in [0.29, 0.717) is 30.9 Å². The normalized spacial score (nSPS) is 17.2. The Hall–Kier alpha value is -2.62. The Bertz CT molecular complexity index is 964. The van der Waals surface area contributed by atoms with Crippen molar-refractivity contribution in [3.63, 3.8) is 0 Å². The lowest BCUT2D eigenvalue weighted by atomic mass is 10.0. The smallest absolute Gasteiger partial charge is 0.263 e. The largest absolute Gasteiger partial charge is 0.355 e. The fraction of sp³-hybridized carbons (Fsp3) is 0.381. The number of rotatable bonds is 6. The van der Waals surface area contributed by atoms with Gasteiger partial charge in [-0.2, -0.15) is 10.6 Å². The Balaban J connectivity index is 1.79. The van der Waals surface area contributed by atoms with Crippen molar-refractivity contribution in [3.05, 3.63) is 69.6 Å². The van der Waals surface area contributed by atoms with E-state index in [9.17, 15) is 23.5 Å². The second kappa shape index (κ2) is 9.46. The molecule has 0 atom stereocenters. The van der Waals surface area contributed by atoms with Crippen LogP contribution in [0.5, 0.6) is 0 Å². The lowest BCUT2D eigenvalue weighted by Gasteiger charge is -2.39. The summed E-state index contributed by atoms with van der Waals surface area (Å²) in [6.07, 6.45) is 2.74. The van der Waals surface area contributed by atoms with E-state index in [2.05, 4.69) is 10.6 Å². The minimum Gasteiger partial charge on any atom is -0.355 e. The van der Waals surface area contributed by atoms with Crippen LogP contribution in [0.2, 0.25) is 0 Å². The summed E-state index contributed by atoms with van der Waals surface area (Å²) in [6, 6.07) is 10.6. The topological polar surface area (TPSA) is 121 Å². The summed E-state index contributed by atoms with van der Waals surface area (Å²) in [7, 11) is -1.03. The first-order valence-electron chi connectivity index (χ1n) is 9.81. The number of hydrogen-bond donors (Lipinski definition) is 4. The Morgan fingerprint density at radius 2 is 1.80 bits per heavy atom. The zero-order chi connectivity index (χ0) is 21.7. The summed E-state index contributed by atoms with van der Waals surface area (Å²) in [5, 5.41) is 5.29. The van der Waals surface area contributed by atoms with E-state index in [-0.39, 0.29) is 29.5 Å². The number of aromatic nitrogens is 1. The van der Waals surface area contributed by atoms with Crippen LogP contribution >= 0.6 is 10.6 Å². The molecule has 1 aromatic heterocycles. The van der Waals surface area contributed by atoms with Gasteiger partial charge >= 0.3 is 0 Å². The maximum absolute atomic E-state index is 12.7. The lowest BCUT2D eigenvalue weighted by molar-refractivity contribution is 0.0945. The van der Waals surface area contributed by atoms with Crippen LogP contribution in [0.15, 0.2) is 47.4 Å². The number of nitrogens with zero attached hydrogens (tertiary/aromatic N) is 1. The monoisotopic (exact) mass is 433 g/mol. The van der Waals surface area contributed by atoms with Crippen LogP contribution in [-0.2, 0) is 6.54 Å². The van der Waals surface area contributed by atoms with Crippen molar-refractivity contribution in [1.29, 1.82) is 0 Å². The Labute approximate surface area is 176 Å². The van der Waals surface area contributed by atoms with Gasteiger partial charge in [0.2, 0.25) is 0 Å². The van der Waals surface area contributed by atoms with Gasteiger partial charge in [-0.3, -0.25) is 23.5 Å². The molecule has 1 fully saturated rings. The second-order valence-electron chi connectivity index (χ2n) is 7.50. The molecule has 4 N–H and O–H groups in total. The molecule has 0 unspecified atom stereocenters. The van der Waals surface area contributed by atoms with Gasteiger partial charge in [-0.1, -0.05) is 30.3 Å². The third kappa shape index (κ3) is 5.50. The van der Waals surface area contributed by atoms with Crippen molar-refractivity contribution < 1.29 is 18.7 Å². The summed E-state index contributed by atoms with van der Waals surface area (Å²) < 4.78 is 20.8. The highest BCUT2D eigenvalue weighted by molar-refractivity contribution is 8.24. The van der Waals surface area contributed by atoms with Gasteiger partial charge in [0, 0.05) is 31.3 Å². The number of nitrogens with one attached hydrogen (secondary N) is 2. The van der Waals surface area contributed by atoms with Gasteiger partial charge in [-0.25, -0.2) is 0 Å². The number of pyridine rings is 1. The van der Waals surface area contributed by atoms with Gasteiger partial charge in [0.05, 0.1) is 12.1 Å². The fourth-order valence-electron chi connectivity index (χ4n) is 3.46. The van der Waals surface area contributed by atoms with Gasteiger partial charge in [0.25, 0.3) is 17.4 Å². The van der Waals surface area contributed by atoms with Crippen LogP contribution in [0.3, 0.4) is 0 Å². The molecule has 1 aliphatic heterocycles. The maximum atomic E-state index is 12.7. The van der Waals surface area contributed by atoms with E-state index in [1.165, 1.54) is 23.9 Å². The zero-order valence-corrected chi connectivity index (χ0v) is 17.7. The first-order valence-corrected chi connectivity index (χ1v) is 11.7. The molecule has 1 aromatic carbocycles. The van der Waals surface area contributed by atoms with E-state index in [4.69, 9.17) is 0 Å². The SMILES string of the molecule is CNC(=O)c1cc(C(=O)NCC2CCS(O)(O)CC2)cn(Cc2ccccc2)c1=O. The molecular formula is C21H27N3O5S. The highest BCUT2D eigenvalue weighted by Gasteiger charge is 2.25. The molecule has 0 aliphatic carbocycles. The van der Waals surface area contributed by atoms with Crippen molar-refractivity contribution >= 4 is 22.4 Å². The van der Waals surface area contributed by atoms with Crippen molar-refractivity contribution in [3.8, 4) is 0 Å². The number of hydrogen-bond acceptors (Lipinski definition) is 5. The summed E-state index contributed by atoms with van der Waals surface area (Å²) in [5.74, 6) is -0.0392. The van der Waals surface area contributed by atoms with E-state index >= 15 is 0 Å². The maximum Gasteiger partial charge on any atom is 0.263 e. The average molecular weight is 434 g/mol. The third-order valence-corrected chi connectivity index (χ3v) is 7.05. The van der Waals surface area contributed by atoms with Crippen LogP contribution in [0.1, 0.15) is 39.1 Å². The molecule has 1 aliphatic rings. The summed E-state index contributed by atoms with van der Waals surface area (Å²) in [5.41, 5.74) is 0.547. The molecule has 2 aromatic rings. The van der Waals surface area contributed by atoms with Crippen LogP contribution < -0.4 is 16.2 Å². The highest BCUT2D eigenvalue weighted by Crippen LogP contribution is 2.45. The molecule has 0 bridgehead atoms. The average Bonchev–Trinajstić information content (AvgIpc) is 2.74. The van der Waals surface area contributed by atoms with Crippen molar-refractivity contribution in [2.75, 3.05) is 25.1 Å².